The third-order valence-corrected chi connectivity index (χ3v) is 5.38. The molecule has 29 heavy (non-hydrogen) atoms. The Hall–Kier alpha value is -2.99. The summed E-state index contributed by atoms with van der Waals surface area (Å²) in [5, 5.41) is 6.52. The van der Waals surface area contributed by atoms with E-state index in [4.69, 9.17) is 4.98 Å². The number of ketones is 1. The molecule has 2 atom stereocenters. The Bertz CT molecular complexity index is 966. The number of aromatic amines is 1. The molecule has 3 aromatic rings. The number of Topliss-reactive ketones (excluding diaryl/α,β-unsaturated/α-hetero) is 1. The highest BCUT2D eigenvalue weighted by atomic mass is 16.1. The molecule has 0 radical (unpaired) electrons. The Morgan fingerprint density at radius 2 is 2.00 bits per heavy atom. The van der Waals surface area contributed by atoms with Gasteiger partial charge in [-0.05, 0) is 44.5 Å². The predicted octanol–water partition coefficient (Wildman–Crippen LogP) is 4.66. The van der Waals surface area contributed by atoms with Gasteiger partial charge in [0, 0.05) is 34.5 Å². The molecule has 1 aliphatic rings. The SMILES string of the molecule is CNc1ccc2nc(C3CCC(NC)C3)[nH]c2c1.O=CCC(=O)c1ccccc1.[HH].[HH].[HH]. The van der Waals surface area contributed by atoms with Gasteiger partial charge in [-0.1, -0.05) is 30.3 Å². The number of hydrogen-bond donors (Lipinski definition) is 3. The molecule has 6 nitrogen and oxygen atoms in total. The van der Waals surface area contributed by atoms with E-state index in [0.717, 1.165) is 22.5 Å². The second-order valence-corrected chi connectivity index (χ2v) is 7.26. The van der Waals surface area contributed by atoms with Crippen LogP contribution in [0, 0.1) is 0 Å². The van der Waals surface area contributed by atoms with Crippen LogP contribution in [0.3, 0.4) is 0 Å². The van der Waals surface area contributed by atoms with Gasteiger partial charge in [-0.25, -0.2) is 4.98 Å². The van der Waals surface area contributed by atoms with Crippen molar-refractivity contribution in [3.63, 3.8) is 0 Å². The zero-order valence-electron chi connectivity index (χ0n) is 16.9. The van der Waals surface area contributed by atoms with Gasteiger partial charge in [0.05, 0.1) is 17.5 Å². The van der Waals surface area contributed by atoms with E-state index in [2.05, 4.69) is 33.8 Å². The minimum atomic E-state index is -0.124. The number of rotatable bonds is 6. The van der Waals surface area contributed by atoms with Crippen LogP contribution in [0.4, 0.5) is 5.69 Å². The van der Waals surface area contributed by atoms with Crippen molar-refractivity contribution in [2.24, 2.45) is 0 Å². The maximum absolute atomic E-state index is 11.0. The number of carbonyl (C=O) groups excluding carboxylic acids is 2. The lowest BCUT2D eigenvalue weighted by Crippen LogP contribution is -2.21. The summed E-state index contributed by atoms with van der Waals surface area (Å²) in [6.07, 6.45) is 4.26. The van der Waals surface area contributed by atoms with E-state index in [1.165, 1.54) is 19.3 Å². The summed E-state index contributed by atoms with van der Waals surface area (Å²) >= 11 is 0. The molecule has 6 heteroatoms. The van der Waals surface area contributed by atoms with E-state index in [1.807, 2.05) is 20.2 Å². The van der Waals surface area contributed by atoms with Crippen LogP contribution >= 0.6 is 0 Å². The number of aldehydes is 1. The molecule has 1 fully saturated rings. The molecule has 2 aromatic carbocycles. The summed E-state index contributed by atoms with van der Waals surface area (Å²) in [4.78, 5) is 29.2. The first-order chi connectivity index (χ1) is 14.1. The van der Waals surface area contributed by atoms with Crippen LogP contribution in [0.2, 0.25) is 0 Å². The fraction of sp³-hybridized carbons (Fsp3) is 0.348. The molecule has 1 heterocycles. The largest absolute Gasteiger partial charge is 0.388 e. The summed E-state index contributed by atoms with van der Waals surface area (Å²) in [6, 6.07) is 15.7. The van der Waals surface area contributed by atoms with Gasteiger partial charge in [-0.2, -0.15) is 0 Å². The van der Waals surface area contributed by atoms with Gasteiger partial charge in [0.2, 0.25) is 0 Å². The molecule has 1 saturated carbocycles. The van der Waals surface area contributed by atoms with Gasteiger partial charge < -0.3 is 20.4 Å². The lowest BCUT2D eigenvalue weighted by molar-refractivity contribution is -0.107. The van der Waals surface area contributed by atoms with Crippen LogP contribution in [0.5, 0.6) is 0 Å². The number of nitrogens with one attached hydrogen (secondary N) is 3. The van der Waals surface area contributed by atoms with Gasteiger partial charge in [-0.15, -0.1) is 0 Å². The van der Waals surface area contributed by atoms with E-state index in [0.29, 0.717) is 23.8 Å². The van der Waals surface area contributed by atoms with Gasteiger partial charge in [0.15, 0.2) is 5.78 Å². The second kappa shape index (κ2) is 9.98. The molecule has 1 aromatic heterocycles. The number of H-pyrrole nitrogens is 1. The predicted molar refractivity (Wildman–Crippen MR) is 123 cm³/mol. The normalized spacial score (nSPS) is 18.1. The first-order valence-electron chi connectivity index (χ1n) is 10.0. The third kappa shape index (κ3) is 5.29. The topological polar surface area (TPSA) is 86.9 Å². The van der Waals surface area contributed by atoms with Gasteiger partial charge in [-0.3, -0.25) is 4.79 Å². The molecule has 0 aliphatic heterocycles. The average molecular weight is 399 g/mol. The minimum absolute atomic E-state index is 0. The summed E-state index contributed by atoms with van der Waals surface area (Å²) < 4.78 is 0. The summed E-state index contributed by atoms with van der Waals surface area (Å²) in [5.74, 6) is 1.60. The van der Waals surface area contributed by atoms with Crippen molar-refractivity contribution >= 4 is 28.8 Å². The highest BCUT2D eigenvalue weighted by molar-refractivity contribution is 6.02. The van der Waals surface area contributed by atoms with Gasteiger partial charge >= 0.3 is 0 Å². The smallest absolute Gasteiger partial charge is 0.169 e. The molecular formula is C23H34N4O2. The Kier molecular flexibility index (Phi) is 7.14. The molecular weight excluding hydrogens is 364 g/mol. The lowest BCUT2D eigenvalue weighted by Gasteiger charge is -2.07. The monoisotopic (exact) mass is 398 g/mol. The summed E-state index contributed by atoms with van der Waals surface area (Å²) in [5.41, 5.74) is 3.92. The molecule has 158 valence electrons. The fourth-order valence-electron chi connectivity index (χ4n) is 3.69. The first kappa shape index (κ1) is 20.7. The third-order valence-electron chi connectivity index (χ3n) is 5.38. The van der Waals surface area contributed by atoms with E-state index in [1.54, 1.807) is 24.3 Å². The second-order valence-electron chi connectivity index (χ2n) is 7.26. The van der Waals surface area contributed by atoms with Crippen LogP contribution in [0.25, 0.3) is 11.0 Å². The molecule has 0 saturated heterocycles. The number of fused-ring (bicyclic) bond motifs is 1. The van der Waals surface area contributed by atoms with Crippen LogP contribution in [-0.2, 0) is 4.79 Å². The number of anilines is 1. The fourth-order valence-corrected chi connectivity index (χ4v) is 3.69. The maximum atomic E-state index is 11.0. The highest BCUT2D eigenvalue weighted by Crippen LogP contribution is 2.33. The average Bonchev–Trinajstić information content (AvgIpc) is 3.41. The van der Waals surface area contributed by atoms with Crippen molar-refractivity contribution in [1.82, 2.24) is 15.3 Å². The Labute approximate surface area is 175 Å². The van der Waals surface area contributed by atoms with Crippen molar-refractivity contribution in [2.75, 3.05) is 19.4 Å². The Balaban J connectivity index is 0.000000605. The number of imidazole rings is 1. The Morgan fingerprint density at radius 1 is 1.21 bits per heavy atom. The number of aromatic nitrogens is 2. The van der Waals surface area contributed by atoms with Gasteiger partial charge in [0.1, 0.15) is 12.1 Å². The zero-order chi connectivity index (χ0) is 20.6. The van der Waals surface area contributed by atoms with E-state index in [9.17, 15) is 9.59 Å². The van der Waals surface area contributed by atoms with E-state index >= 15 is 0 Å². The quantitative estimate of drug-likeness (QED) is 0.319. The zero-order valence-corrected chi connectivity index (χ0v) is 16.9. The molecule has 0 amide bonds. The van der Waals surface area contributed by atoms with Crippen LogP contribution in [0.1, 0.15) is 52.1 Å². The van der Waals surface area contributed by atoms with Gasteiger partial charge in [0.25, 0.3) is 0 Å². The number of carbonyl (C=O) groups is 2. The summed E-state index contributed by atoms with van der Waals surface area (Å²) in [7, 11) is 3.98. The highest BCUT2D eigenvalue weighted by Gasteiger charge is 2.26. The lowest BCUT2D eigenvalue weighted by atomic mass is 10.1. The number of nitrogens with zero attached hydrogens (tertiary/aromatic N) is 1. The van der Waals surface area contributed by atoms with Crippen molar-refractivity contribution < 1.29 is 13.9 Å². The summed E-state index contributed by atoms with van der Waals surface area (Å²) in [6.45, 7) is 0. The molecule has 0 spiro atoms. The first-order valence-corrected chi connectivity index (χ1v) is 10.0. The van der Waals surface area contributed by atoms with Crippen molar-refractivity contribution in [2.45, 2.75) is 37.6 Å². The van der Waals surface area contributed by atoms with Crippen molar-refractivity contribution in [3.05, 3.63) is 59.9 Å². The minimum Gasteiger partial charge on any atom is -0.388 e. The molecule has 0 bridgehead atoms. The van der Waals surface area contributed by atoms with E-state index in [-0.39, 0.29) is 16.5 Å². The standard InChI is InChI=1S/C14H20N4.C9H8O2.3H2/c1-15-10-4-3-9(7-10)14-17-12-6-5-11(16-2)8-13(12)18-14;10-7-6-9(11)8-4-2-1-3-5-8;;;/h5-6,8-10,15-16H,3-4,7H2,1-2H3,(H,17,18);1-5,7H,6H2;3*1H. The van der Waals surface area contributed by atoms with Crippen LogP contribution in [-0.4, -0.2) is 42.2 Å². The van der Waals surface area contributed by atoms with Crippen molar-refractivity contribution in [3.8, 4) is 0 Å². The van der Waals surface area contributed by atoms with Crippen molar-refractivity contribution in [1.29, 1.82) is 0 Å². The van der Waals surface area contributed by atoms with E-state index < -0.39 is 0 Å². The van der Waals surface area contributed by atoms with Crippen LogP contribution in [0.15, 0.2) is 48.5 Å². The molecule has 2 unspecified atom stereocenters. The number of benzene rings is 2. The molecule has 4 rings (SSSR count). The molecule has 3 N–H and O–H groups in total. The maximum Gasteiger partial charge on any atom is 0.169 e. The molecule has 1 aliphatic carbocycles. The number of hydrogen-bond acceptors (Lipinski definition) is 5. The Morgan fingerprint density at radius 3 is 2.66 bits per heavy atom. The van der Waals surface area contributed by atoms with Crippen LogP contribution < -0.4 is 10.6 Å².